The second kappa shape index (κ2) is 7.81. The van der Waals surface area contributed by atoms with Gasteiger partial charge >= 0.3 is 0 Å². The number of benzene rings is 1. The normalized spacial score (nSPS) is 23.6. The molecule has 1 atom stereocenters. The van der Waals surface area contributed by atoms with Crippen LogP contribution in [0.1, 0.15) is 12.8 Å². The highest BCUT2D eigenvalue weighted by molar-refractivity contribution is 5.31. The number of nitrogens with zero attached hydrogens (tertiary/aromatic N) is 1. The maximum atomic E-state index is 5.92. The summed E-state index contributed by atoms with van der Waals surface area (Å²) in [5.41, 5.74) is 0. The average molecular weight is 307 g/mol. The summed E-state index contributed by atoms with van der Waals surface area (Å²) in [7, 11) is 1.67. The topological polar surface area (TPSA) is 40.2 Å². The van der Waals surface area contributed by atoms with Gasteiger partial charge in [0.25, 0.3) is 0 Å². The summed E-state index contributed by atoms with van der Waals surface area (Å²) in [5, 5.41) is 0. The van der Waals surface area contributed by atoms with Crippen molar-refractivity contribution in [2.75, 3.05) is 46.6 Å². The maximum Gasteiger partial charge on any atom is 0.170 e. The molecule has 0 spiro atoms. The standard InChI is InChI=1S/C17H25NO4/c1-19-15-4-6-16(7-5-15)22-13-14-3-2-8-18(11-14)12-17-20-9-10-21-17/h4-7,14,17H,2-3,8-13H2,1H3. The van der Waals surface area contributed by atoms with Gasteiger partial charge in [0.15, 0.2) is 6.29 Å². The lowest BCUT2D eigenvalue weighted by atomic mass is 9.99. The molecule has 0 N–H and O–H groups in total. The highest BCUT2D eigenvalue weighted by atomic mass is 16.7. The van der Waals surface area contributed by atoms with E-state index in [-0.39, 0.29) is 6.29 Å². The fraction of sp³-hybridized carbons (Fsp3) is 0.647. The van der Waals surface area contributed by atoms with Gasteiger partial charge in [-0.3, -0.25) is 4.90 Å². The smallest absolute Gasteiger partial charge is 0.170 e. The predicted octanol–water partition coefficient (Wildman–Crippen LogP) is 2.16. The Morgan fingerprint density at radius 3 is 2.59 bits per heavy atom. The summed E-state index contributed by atoms with van der Waals surface area (Å²) < 4.78 is 22.1. The summed E-state index contributed by atoms with van der Waals surface area (Å²) in [6.45, 7) is 5.26. The fourth-order valence-corrected chi connectivity index (χ4v) is 3.06. The van der Waals surface area contributed by atoms with Crippen LogP contribution in [0.25, 0.3) is 0 Å². The van der Waals surface area contributed by atoms with E-state index in [1.165, 1.54) is 12.8 Å². The zero-order valence-electron chi connectivity index (χ0n) is 13.2. The van der Waals surface area contributed by atoms with Crippen LogP contribution in [0, 0.1) is 5.92 Å². The quantitative estimate of drug-likeness (QED) is 0.805. The highest BCUT2D eigenvalue weighted by Gasteiger charge is 2.25. The van der Waals surface area contributed by atoms with Crippen molar-refractivity contribution >= 4 is 0 Å². The number of likely N-dealkylation sites (tertiary alicyclic amines) is 1. The molecule has 122 valence electrons. The van der Waals surface area contributed by atoms with Gasteiger partial charge in [-0.05, 0) is 43.7 Å². The van der Waals surface area contributed by atoms with Crippen LogP contribution in [-0.4, -0.2) is 57.8 Å². The van der Waals surface area contributed by atoms with Crippen molar-refractivity contribution in [3.63, 3.8) is 0 Å². The highest BCUT2D eigenvalue weighted by Crippen LogP contribution is 2.21. The predicted molar refractivity (Wildman–Crippen MR) is 83.3 cm³/mol. The molecule has 2 fully saturated rings. The van der Waals surface area contributed by atoms with E-state index in [1.54, 1.807) is 7.11 Å². The van der Waals surface area contributed by atoms with E-state index < -0.39 is 0 Å². The van der Waals surface area contributed by atoms with E-state index in [1.807, 2.05) is 24.3 Å². The van der Waals surface area contributed by atoms with Crippen LogP contribution < -0.4 is 9.47 Å². The monoisotopic (exact) mass is 307 g/mol. The summed E-state index contributed by atoms with van der Waals surface area (Å²) in [5.74, 6) is 2.32. The number of hydrogen-bond donors (Lipinski definition) is 0. The largest absolute Gasteiger partial charge is 0.497 e. The summed E-state index contributed by atoms with van der Waals surface area (Å²) in [4.78, 5) is 2.43. The number of ether oxygens (including phenoxy) is 4. The molecule has 0 bridgehead atoms. The molecule has 0 amide bonds. The SMILES string of the molecule is COc1ccc(OCC2CCCN(CC3OCCO3)C2)cc1. The molecule has 2 aliphatic rings. The van der Waals surface area contributed by atoms with Crippen LogP contribution >= 0.6 is 0 Å². The van der Waals surface area contributed by atoms with Crippen molar-refractivity contribution in [2.24, 2.45) is 5.92 Å². The molecular formula is C17H25NO4. The van der Waals surface area contributed by atoms with E-state index in [4.69, 9.17) is 18.9 Å². The van der Waals surface area contributed by atoms with Crippen molar-refractivity contribution in [1.29, 1.82) is 0 Å². The van der Waals surface area contributed by atoms with Crippen molar-refractivity contribution in [3.05, 3.63) is 24.3 Å². The third-order valence-electron chi connectivity index (χ3n) is 4.25. The van der Waals surface area contributed by atoms with Crippen LogP contribution in [-0.2, 0) is 9.47 Å². The second-order valence-corrected chi connectivity index (χ2v) is 5.93. The molecule has 5 nitrogen and oxygen atoms in total. The zero-order valence-corrected chi connectivity index (χ0v) is 13.2. The Hall–Kier alpha value is -1.30. The molecule has 2 saturated heterocycles. The Bertz CT molecular complexity index is 444. The van der Waals surface area contributed by atoms with Gasteiger partial charge < -0.3 is 18.9 Å². The van der Waals surface area contributed by atoms with E-state index in [0.717, 1.165) is 51.0 Å². The fourth-order valence-electron chi connectivity index (χ4n) is 3.06. The molecule has 3 rings (SSSR count). The molecule has 1 aromatic carbocycles. The lowest BCUT2D eigenvalue weighted by molar-refractivity contribution is -0.0682. The Labute approximate surface area is 132 Å². The maximum absolute atomic E-state index is 5.92. The van der Waals surface area contributed by atoms with Crippen LogP contribution in [0.15, 0.2) is 24.3 Å². The van der Waals surface area contributed by atoms with Gasteiger partial charge in [0.2, 0.25) is 0 Å². The average Bonchev–Trinajstić information content (AvgIpc) is 3.07. The molecule has 2 aliphatic heterocycles. The first kappa shape index (κ1) is 15.6. The molecule has 2 heterocycles. The van der Waals surface area contributed by atoms with Crippen LogP contribution in [0.4, 0.5) is 0 Å². The second-order valence-electron chi connectivity index (χ2n) is 5.93. The Morgan fingerprint density at radius 2 is 1.86 bits per heavy atom. The Morgan fingerprint density at radius 1 is 1.14 bits per heavy atom. The van der Waals surface area contributed by atoms with Crippen molar-refractivity contribution < 1.29 is 18.9 Å². The molecule has 0 aromatic heterocycles. The van der Waals surface area contributed by atoms with Crippen molar-refractivity contribution in [3.8, 4) is 11.5 Å². The van der Waals surface area contributed by atoms with Crippen molar-refractivity contribution in [1.82, 2.24) is 4.90 Å². The van der Waals surface area contributed by atoms with E-state index in [2.05, 4.69) is 4.90 Å². The van der Waals surface area contributed by atoms with Gasteiger partial charge in [-0.2, -0.15) is 0 Å². The zero-order chi connectivity index (χ0) is 15.2. The molecular weight excluding hydrogens is 282 g/mol. The van der Waals surface area contributed by atoms with Crippen LogP contribution in [0.5, 0.6) is 11.5 Å². The van der Waals surface area contributed by atoms with Crippen LogP contribution in [0.2, 0.25) is 0 Å². The molecule has 5 heteroatoms. The Balaban J connectivity index is 1.43. The summed E-state index contributed by atoms with van der Waals surface area (Å²) in [6, 6.07) is 7.77. The number of rotatable bonds is 6. The third kappa shape index (κ3) is 4.35. The van der Waals surface area contributed by atoms with Gasteiger partial charge in [0, 0.05) is 19.0 Å². The van der Waals surface area contributed by atoms with Gasteiger partial charge in [-0.25, -0.2) is 0 Å². The van der Waals surface area contributed by atoms with Gasteiger partial charge in [0.1, 0.15) is 11.5 Å². The van der Waals surface area contributed by atoms with E-state index in [9.17, 15) is 0 Å². The third-order valence-corrected chi connectivity index (χ3v) is 4.25. The lowest BCUT2D eigenvalue weighted by Crippen LogP contribution is -2.42. The van der Waals surface area contributed by atoms with Crippen LogP contribution in [0.3, 0.4) is 0 Å². The minimum Gasteiger partial charge on any atom is -0.497 e. The lowest BCUT2D eigenvalue weighted by Gasteiger charge is -2.33. The van der Waals surface area contributed by atoms with E-state index in [0.29, 0.717) is 5.92 Å². The number of hydrogen-bond acceptors (Lipinski definition) is 5. The number of piperidine rings is 1. The minimum absolute atomic E-state index is 0.0405. The number of methoxy groups -OCH3 is 1. The first-order valence-electron chi connectivity index (χ1n) is 8.06. The molecule has 0 saturated carbocycles. The molecule has 0 aliphatic carbocycles. The van der Waals surface area contributed by atoms with Gasteiger partial charge in [-0.15, -0.1) is 0 Å². The molecule has 0 radical (unpaired) electrons. The van der Waals surface area contributed by atoms with Gasteiger partial charge in [0.05, 0.1) is 26.9 Å². The molecule has 1 aromatic rings. The molecule has 1 unspecified atom stereocenters. The Kier molecular flexibility index (Phi) is 5.53. The molecule has 22 heavy (non-hydrogen) atoms. The summed E-state index contributed by atoms with van der Waals surface area (Å²) in [6.07, 6.45) is 2.39. The first-order chi connectivity index (χ1) is 10.8. The van der Waals surface area contributed by atoms with Gasteiger partial charge in [-0.1, -0.05) is 0 Å². The minimum atomic E-state index is -0.0405. The van der Waals surface area contributed by atoms with Crippen molar-refractivity contribution in [2.45, 2.75) is 19.1 Å². The summed E-state index contributed by atoms with van der Waals surface area (Å²) >= 11 is 0. The first-order valence-corrected chi connectivity index (χ1v) is 8.06. The van der Waals surface area contributed by atoms with E-state index >= 15 is 0 Å².